The van der Waals surface area contributed by atoms with E-state index in [1.54, 1.807) is 0 Å². The van der Waals surface area contributed by atoms with E-state index >= 15 is 0 Å². The molecule has 0 aliphatic carbocycles. The van der Waals surface area contributed by atoms with Crippen molar-refractivity contribution in [3.8, 4) is 0 Å². The lowest BCUT2D eigenvalue weighted by Crippen LogP contribution is -2.44. The van der Waals surface area contributed by atoms with Crippen LogP contribution in [0.2, 0.25) is 0 Å². The third-order valence-electron chi connectivity index (χ3n) is 4.02. The number of likely N-dealkylation sites (tertiary alicyclic amines) is 1. The molecule has 0 saturated carbocycles. The largest absolute Gasteiger partial charge is 0.349 e. The van der Waals surface area contributed by atoms with Crippen molar-refractivity contribution in [1.82, 2.24) is 14.8 Å². The standard InChI is InChI=1S/C15H24BrN3O/c1-11(2)19-10-12(16)8-14(19)15(20)17-9-13-6-4-5-7-18(13)3/h8,10-11,13H,4-7,9H2,1-3H3,(H,17,20). The molecule has 1 atom stereocenters. The second kappa shape index (κ2) is 6.76. The number of carbonyl (C=O) groups is 1. The summed E-state index contributed by atoms with van der Waals surface area (Å²) in [6, 6.07) is 2.64. The summed E-state index contributed by atoms with van der Waals surface area (Å²) in [5.41, 5.74) is 0.727. The number of rotatable bonds is 4. The summed E-state index contributed by atoms with van der Waals surface area (Å²) in [4.78, 5) is 14.7. The van der Waals surface area contributed by atoms with Gasteiger partial charge in [-0.05, 0) is 62.3 Å². The molecule has 5 heteroatoms. The normalized spacial score (nSPS) is 20.4. The van der Waals surface area contributed by atoms with Crippen LogP contribution < -0.4 is 5.32 Å². The quantitative estimate of drug-likeness (QED) is 0.913. The van der Waals surface area contributed by atoms with Gasteiger partial charge in [0.15, 0.2) is 0 Å². The zero-order chi connectivity index (χ0) is 14.7. The van der Waals surface area contributed by atoms with E-state index in [-0.39, 0.29) is 11.9 Å². The van der Waals surface area contributed by atoms with Crippen LogP contribution in [0.5, 0.6) is 0 Å². The van der Waals surface area contributed by atoms with Gasteiger partial charge in [0.2, 0.25) is 0 Å². The lowest BCUT2D eigenvalue weighted by atomic mass is 10.0. The van der Waals surface area contributed by atoms with E-state index in [1.807, 2.05) is 16.8 Å². The van der Waals surface area contributed by atoms with Crippen LogP contribution in [0.4, 0.5) is 0 Å². The summed E-state index contributed by atoms with van der Waals surface area (Å²) in [6.07, 6.45) is 5.67. The number of amides is 1. The van der Waals surface area contributed by atoms with Crippen LogP contribution in [0.1, 0.15) is 49.6 Å². The fourth-order valence-corrected chi connectivity index (χ4v) is 3.20. The van der Waals surface area contributed by atoms with Crippen molar-refractivity contribution in [2.75, 3.05) is 20.1 Å². The Bertz CT molecular complexity index is 470. The van der Waals surface area contributed by atoms with Crippen LogP contribution in [-0.2, 0) is 0 Å². The van der Waals surface area contributed by atoms with Gasteiger partial charge in [-0.1, -0.05) is 6.42 Å². The summed E-state index contributed by atoms with van der Waals surface area (Å²) >= 11 is 3.45. The summed E-state index contributed by atoms with van der Waals surface area (Å²) in [7, 11) is 2.14. The SMILES string of the molecule is CC(C)n1cc(Br)cc1C(=O)NCC1CCCCN1C. The molecule has 20 heavy (non-hydrogen) atoms. The van der Waals surface area contributed by atoms with Crippen molar-refractivity contribution in [2.24, 2.45) is 0 Å². The first kappa shape index (κ1) is 15.6. The number of nitrogens with zero attached hydrogens (tertiary/aromatic N) is 2. The Kier molecular flexibility index (Phi) is 5.27. The zero-order valence-corrected chi connectivity index (χ0v) is 14.1. The van der Waals surface area contributed by atoms with Crippen LogP contribution in [0.25, 0.3) is 0 Å². The summed E-state index contributed by atoms with van der Waals surface area (Å²) in [5.74, 6) is 0.0170. The molecule has 112 valence electrons. The van der Waals surface area contributed by atoms with Gasteiger partial charge in [0.05, 0.1) is 0 Å². The number of hydrogen-bond donors (Lipinski definition) is 1. The van der Waals surface area contributed by atoms with E-state index in [4.69, 9.17) is 0 Å². The van der Waals surface area contributed by atoms with Crippen LogP contribution >= 0.6 is 15.9 Å². The van der Waals surface area contributed by atoms with Crippen molar-refractivity contribution in [2.45, 2.75) is 45.2 Å². The third-order valence-corrected chi connectivity index (χ3v) is 4.46. The molecule has 1 aromatic heterocycles. The molecule has 1 N–H and O–H groups in total. The Morgan fingerprint density at radius 3 is 2.90 bits per heavy atom. The van der Waals surface area contributed by atoms with E-state index in [9.17, 15) is 4.79 Å². The smallest absolute Gasteiger partial charge is 0.268 e. The van der Waals surface area contributed by atoms with Gasteiger partial charge in [0, 0.05) is 29.3 Å². The molecule has 0 aromatic carbocycles. The minimum Gasteiger partial charge on any atom is -0.349 e. The highest BCUT2D eigenvalue weighted by molar-refractivity contribution is 9.10. The first-order valence-electron chi connectivity index (χ1n) is 7.35. The Morgan fingerprint density at radius 1 is 1.50 bits per heavy atom. The molecule has 0 bridgehead atoms. The van der Waals surface area contributed by atoms with Crippen molar-refractivity contribution in [3.63, 3.8) is 0 Å². The molecular weight excluding hydrogens is 318 g/mol. The van der Waals surface area contributed by atoms with Crippen molar-refractivity contribution < 1.29 is 4.79 Å². The molecule has 1 unspecified atom stereocenters. The van der Waals surface area contributed by atoms with Gasteiger partial charge in [0.25, 0.3) is 5.91 Å². The predicted octanol–water partition coefficient (Wildman–Crippen LogP) is 3.05. The molecule has 0 radical (unpaired) electrons. The molecular formula is C15H24BrN3O. The number of carbonyl (C=O) groups excluding carboxylic acids is 1. The Morgan fingerprint density at radius 2 is 2.25 bits per heavy atom. The number of piperidine rings is 1. The number of halogens is 1. The topological polar surface area (TPSA) is 37.3 Å². The van der Waals surface area contributed by atoms with Gasteiger partial charge in [-0.3, -0.25) is 4.79 Å². The molecule has 1 amide bonds. The minimum atomic E-state index is 0.0170. The van der Waals surface area contributed by atoms with Crippen molar-refractivity contribution in [1.29, 1.82) is 0 Å². The van der Waals surface area contributed by atoms with Crippen LogP contribution in [0.15, 0.2) is 16.7 Å². The van der Waals surface area contributed by atoms with E-state index in [0.717, 1.165) is 23.3 Å². The van der Waals surface area contributed by atoms with E-state index in [2.05, 4.69) is 47.0 Å². The molecule has 1 saturated heterocycles. The van der Waals surface area contributed by atoms with Crippen molar-refractivity contribution >= 4 is 21.8 Å². The molecule has 2 heterocycles. The predicted molar refractivity (Wildman–Crippen MR) is 85.1 cm³/mol. The summed E-state index contributed by atoms with van der Waals surface area (Å²) in [6.45, 7) is 6.03. The Balaban J connectivity index is 1.98. The van der Waals surface area contributed by atoms with Crippen LogP contribution in [0, 0.1) is 0 Å². The maximum Gasteiger partial charge on any atom is 0.268 e. The Labute approximate surface area is 129 Å². The molecule has 1 aromatic rings. The van der Waals surface area contributed by atoms with Gasteiger partial charge in [-0.2, -0.15) is 0 Å². The lowest BCUT2D eigenvalue weighted by molar-refractivity contribution is 0.0918. The van der Waals surface area contributed by atoms with Gasteiger partial charge < -0.3 is 14.8 Å². The second-order valence-electron chi connectivity index (χ2n) is 5.88. The van der Waals surface area contributed by atoms with Gasteiger partial charge in [-0.25, -0.2) is 0 Å². The van der Waals surface area contributed by atoms with Crippen LogP contribution in [-0.4, -0.2) is 41.6 Å². The summed E-state index contributed by atoms with van der Waals surface area (Å²) < 4.78 is 2.95. The maximum atomic E-state index is 12.4. The van der Waals surface area contributed by atoms with E-state index in [0.29, 0.717) is 6.04 Å². The number of aromatic nitrogens is 1. The highest BCUT2D eigenvalue weighted by Gasteiger charge is 2.21. The molecule has 1 aliphatic rings. The monoisotopic (exact) mass is 341 g/mol. The maximum absolute atomic E-state index is 12.4. The average Bonchev–Trinajstić information content (AvgIpc) is 2.80. The Hall–Kier alpha value is -0.810. The van der Waals surface area contributed by atoms with Gasteiger partial charge in [-0.15, -0.1) is 0 Å². The minimum absolute atomic E-state index is 0.0170. The number of nitrogens with one attached hydrogen (secondary N) is 1. The molecule has 0 spiro atoms. The zero-order valence-electron chi connectivity index (χ0n) is 12.5. The summed E-state index contributed by atoms with van der Waals surface area (Å²) in [5, 5.41) is 3.09. The molecule has 1 aliphatic heterocycles. The average molecular weight is 342 g/mol. The fourth-order valence-electron chi connectivity index (χ4n) is 2.76. The molecule has 2 rings (SSSR count). The first-order valence-corrected chi connectivity index (χ1v) is 8.14. The van der Waals surface area contributed by atoms with Crippen LogP contribution in [0.3, 0.4) is 0 Å². The molecule has 1 fully saturated rings. The van der Waals surface area contributed by atoms with E-state index < -0.39 is 0 Å². The fraction of sp³-hybridized carbons (Fsp3) is 0.667. The second-order valence-corrected chi connectivity index (χ2v) is 6.80. The van der Waals surface area contributed by atoms with Gasteiger partial charge in [0.1, 0.15) is 5.69 Å². The van der Waals surface area contributed by atoms with Crippen molar-refractivity contribution in [3.05, 3.63) is 22.4 Å². The highest BCUT2D eigenvalue weighted by Crippen LogP contribution is 2.19. The third kappa shape index (κ3) is 3.64. The molecule has 4 nitrogen and oxygen atoms in total. The number of likely N-dealkylation sites (N-methyl/N-ethyl adjacent to an activating group) is 1. The number of hydrogen-bond acceptors (Lipinski definition) is 2. The highest BCUT2D eigenvalue weighted by atomic mass is 79.9. The van der Waals surface area contributed by atoms with E-state index in [1.165, 1.54) is 19.3 Å². The van der Waals surface area contributed by atoms with Gasteiger partial charge >= 0.3 is 0 Å². The lowest BCUT2D eigenvalue weighted by Gasteiger charge is -2.32. The first-order chi connectivity index (χ1) is 9.49.